The predicted molar refractivity (Wildman–Crippen MR) is 123 cm³/mol. The average molecular weight is 437 g/mol. The van der Waals surface area contributed by atoms with Crippen LogP contribution in [0.1, 0.15) is 38.9 Å². The van der Waals surface area contributed by atoms with Crippen LogP contribution in [-0.4, -0.2) is 57.1 Å². The van der Waals surface area contributed by atoms with Crippen molar-refractivity contribution in [1.29, 1.82) is 0 Å². The Balaban J connectivity index is 2.01. The van der Waals surface area contributed by atoms with E-state index in [1.54, 1.807) is 25.2 Å². The summed E-state index contributed by atoms with van der Waals surface area (Å²) in [6, 6.07) is 8.51. The van der Waals surface area contributed by atoms with Crippen LogP contribution in [0.2, 0.25) is 0 Å². The molecule has 0 radical (unpaired) electrons. The minimum Gasteiger partial charge on any atom is -0.493 e. The highest BCUT2D eigenvalue weighted by molar-refractivity contribution is 5.99. The van der Waals surface area contributed by atoms with E-state index in [0.29, 0.717) is 46.7 Å². The molecule has 7 nitrogen and oxygen atoms in total. The van der Waals surface area contributed by atoms with Crippen LogP contribution < -0.4 is 14.9 Å². The van der Waals surface area contributed by atoms with Crippen molar-refractivity contribution in [3.8, 4) is 11.5 Å². The monoisotopic (exact) mass is 436 g/mol. The van der Waals surface area contributed by atoms with Gasteiger partial charge in [-0.15, -0.1) is 0 Å². The number of fused-ring (bicyclic) bond motifs is 2. The molecule has 0 saturated carbocycles. The van der Waals surface area contributed by atoms with E-state index in [0.717, 1.165) is 11.1 Å². The van der Waals surface area contributed by atoms with Gasteiger partial charge in [0.2, 0.25) is 5.76 Å². The predicted octanol–water partition coefficient (Wildman–Crippen LogP) is 3.53. The molecule has 1 atom stereocenters. The summed E-state index contributed by atoms with van der Waals surface area (Å²) in [7, 11) is 7.00. The normalized spacial score (nSPS) is 15.5. The highest BCUT2D eigenvalue weighted by atomic mass is 16.5. The second-order valence-corrected chi connectivity index (χ2v) is 8.39. The lowest BCUT2D eigenvalue weighted by atomic mass is 9.96. The average Bonchev–Trinajstić information content (AvgIpc) is 3.04. The molecular weight excluding hydrogens is 408 g/mol. The Morgan fingerprint density at radius 3 is 2.44 bits per heavy atom. The SMILES string of the molecule is COc1cccc(C2c3c(oc4cc(C)c(C)cc4c3=O)C(=O)N2CCN(C)C)c1OC. The Bertz CT molecular complexity index is 1260. The number of hydrogen-bond donors (Lipinski definition) is 0. The molecule has 1 unspecified atom stereocenters. The summed E-state index contributed by atoms with van der Waals surface area (Å²) in [5, 5.41) is 0.473. The van der Waals surface area contributed by atoms with Gasteiger partial charge < -0.3 is 23.7 Å². The Kier molecular flexibility index (Phi) is 5.69. The van der Waals surface area contributed by atoms with E-state index in [-0.39, 0.29) is 17.1 Å². The summed E-state index contributed by atoms with van der Waals surface area (Å²) in [5.41, 5.74) is 3.26. The zero-order valence-corrected chi connectivity index (χ0v) is 19.3. The van der Waals surface area contributed by atoms with Crippen molar-refractivity contribution < 1.29 is 18.7 Å². The van der Waals surface area contributed by atoms with Gasteiger partial charge in [-0.2, -0.15) is 0 Å². The largest absolute Gasteiger partial charge is 0.493 e. The quantitative estimate of drug-likeness (QED) is 0.589. The zero-order chi connectivity index (χ0) is 23.2. The van der Waals surface area contributed by atoms with Gasteiger partial charge in [0.25, 0.3) is 5.91 Å². The number of likely N-dealkylation sites (N-methyl/N-ethyl adjacent to an activating group) is 1. The van der Waals surface area contributed by atoms with Gasteiger partial charge >= 0.3 is 0 Å². The molecule has 4 rings (SSSR count). The van der Waals surface area contributed by atoms with Crippen LogP contribution in [0.5, 0.6) is 11.5 Å². The number of aryl methyl sites for hydroxylation is 2. The minimum atomic E-state index is -0.634. The fraction of sp³-hybridized carbons (Fsp3) is 0.360. The van der Waals surface area contributed by atoms with Crippen LogP contribution in [-0.2, 0) is 0 Å². The van der Waals surface area contributed by atoms with Crippen LogP contribution in [0.4, 0.5) is 0 Å². The molecule has 0 fully saturated rings. The van der Waals surface area contributed by atoms with Crippen LogP contribution in [0.15, 0.2) is 39.5 Å². The van der Waals surface area contributed by atoms with Gasteiger partial charge in [-0.3, -0.25) is 9.59 Å². The Morgan fingerprint density at radius 1 is 1.06 bits per heavy atom. The highest BCUT2D eigenvalue weighted by Crippen LogP contribution is 2.44. The number of amides is 1. The number of ether oxygens (including phenoxy) is 2. The molecule has 2 aromatic carbocycles. The summed E-state index contributed by atoms with van der Waals surface area (Å²) >= 11 is 0. The lowest BCUT2D eigenvalue weighted by Crippen LogP contribution is -2.35. The van der Waals surface area contributed by atoms with E-state index < -0.39 is 6.04 Å². The number of carbonyl (C=O) groups excluding carboxylic acids is 1. The van der Waals surface area contributed by atoms with E-state index in [9.17, 15) is 9.59 Å². The van der Waals surface area contributed by atoms with Crippen molar-refractivity contribution in [2.75, 3.05) is 41.4 Å². The summed E-state index contributed by atoms with van der Waals surface area (Å²) in [4.78, 5) is 30.9. The third-order valence-electron chi connectivity index (χ3n) is 6.10. The van der Waals surface area contributed by atoms with Gasteiger partial charge in [0, 0.05) is 18.7 Å². The first-order valence-corrected chi connectivity index (χ1v) is 10.5. The van der Waals surface area contributed by atoms with Gasteiger partial charge in [-0.1, -0.05) is 12.1 Å². The minimum absolute atomic E-state index is 0.0967. The molecule has 32 heavy (non-hydrogen) atoms. The summed E-state index contributed by atoms with van der Waals surface area (Å²) in [6.45, 7) is 4.97. The molecule has 3 aromatic rings. The Morgan fingerprint density at radius 2 is 1.78 bits per heavy atom. The van der Waals surface area contributed by atoms with Crippen LogP contribution in [0, 0.1) is 13.8 Å². The third-order valence-corrected chi connectivity index (χ3v) is 6.10. The van der Waals surface area contributed by atoms with Crippen molar-refractivity contribution in [3.63, 3.8) is 0 Å². The molecule has 1 amide bonds. The molecule has 0 bridgehead atoms. The molecule has 0 N–H and O–H groups in total. The molecule has 0 spiro atoms. The smallest absolute Gasteiger partial charge is 0.290 e. The summed E-state index contributed by atoms with van der Waals surface area (Å²) < 4.78 is 17.2. The number of benzene rings is 2. The molecular formula is C25H28N2O5. The summed E-state index contributed by atoms with van der Waals surface area (Å²) in [5.74, 6) is 0.832. The summed E-state index contributed by atoms with van der Waals surface area (Å²) in [6.07, 6.45) is 0. The fourth-order valence-electron chi connectivity index (χ4n) is 4.26. The molecule has 0 saturated heterocycles. The molecule has 1 aromatic heterocycles. The molecule has 1 aliphatic rings. The maximum absolute atomic E-state index is 13.7. The van der Waals surface area contributed by atoms with Gasteiger partial charge in [-0.05, 0) is 57.3 Å². The molecule has 1 aliphatic heterocycles. The van der Waals surface area contributed by atoms with E-state index in [2.05, 4.69) is 0 Å². The fourth-order valence-corrected chi connectivity index (χ4v) is 4.26. The van der Waals surface area contributed by atoms with Crippen molar-refractivity contribution in [2.24, 2.45) is 0 Å². The lowest BCUT2D eigenvalue weighted by Gasteiger charge is -2.28. The number of carbonyl (C=O) groups is 1. The zero-order valence-electron chi connectivity index (χ0n) is 19.3. The number of rotatable bonds is 6. The van der Waals surface area contributed by atoms with Crippen molar-refractivity contribution in [2.45, 2.75) is 19.9 Å². The maximum atomic E-state index is 13.7. The first kappa shape index (κ1) is 21.9. The van der Waals surface area contributed by atoms with E-state index in [1.807, 2.05) is 57.1 Å². The van der Waals surface area contributed by atoms with Crippen LogP contribution in [0.3, 0.4) is 0 Å². The topological polar surface area (TPSA) is 72.2 Å². The Labute approximate surface area is 187 Å². The van der Waals surface area contributed by atoms with E-state index in [4.69, 9.17) is 13.9 Å². The molecule has 2 heterocycles. The molecule has 7 heteroatoms. The van der Waals surface area contributed by atoms with Crippen molar-refractivity contribution in [3.05, 3.63) is 68.6 Å². The van der Waals surface area contributed by atoms with Gasteiger partial charge in [0.05, 0.1) is 31.2 Å². The molecule has 0 aliphatic carbocycles. The maximum Gasteiger partial charge on any atom is 0.290 e. The second-order valence-electron chi connectivity index (χ2n) is 8.39. The van der Waals surface area contributed by atoms with Gasteiger partial charge in [0.15, 0.2) is 16.9 Å². The van der Waals surface area contributed by atoms with Gasteiger partial charge in [-0.25, -0.2) is 0 Å². The number of para-hydroxylation sites is 1. The molecule has 168 valence electrons. The number of nitrogens with zero attached hydrogens (tertiary/aromatic N) is 2. The first-order valence-electron chi connectivity index (χ1n) is 10.5. The van der Waals surface area contributed by atoms with Gasteiger partial charge in [0.1, 0.15) is 5.58 Å². The van der Waals surface area contributed by atoms with Crippen molar-refractivity contribution >= 4 is 16.9 Å². The first-order chi connectivity index (χ1) is 15.3. The Hall–Kier alpha value is -3.32. The number of hydrogen-bond acceptors (Lipinski definition) is 6. The lowest BCUT2D eigenvalue weighted by molar-refractivity contribution is 0.0715. The van der Waals surface area contributed by atoms with Crippen LogP contribution in [0.25, 0.3) is 11.0 Å². The van der Waals surface area contributed by atoms with Crippen molar-refractivity contribution in [1.82, 2.24) is 9.80 Å². The van der Waals surface area contributed by atoms with E-state index in [1.165, 1.54) is 0 Å². The highest BCUT2D eigenvalue weighted by Gasteiger charge is 2.44. The number of methoxy groups -OCH3 is 2. The second kappa shape index (κ2) is 8.31. The third kappa shape index (κ3) is 3.42. The van der Waals surface area contributed by atoms with Crippen LogP contribution >= 0.6 is 0 Å². The standard InChI is InChI=1S/C25H28N2O5/c1-14-12-17-19(13-15(14)2)32-24-20(22(17)28)21(27(25(24)29)11-10-26(3)4)16-8-7-9-18(30-5)23(16)31-6/h7-9,12-13,21H,10-11H2,1-6H3. The van der Waals surface area contributed by atoms with E-state index >= 15 is 0 Å².